The van der Waals surface area contributed by atoms with Gasteiger partial charge in [0.2, 0.25) is 6.26 Å². The van der Waals surface area contributed by atoms with Crippen LogP contribution >= 0.6 is 0 Å². The summed E-state index contributed by atoms with van der Waals surface area (Å²) in [4.78, 5) is 13.3. The highest BCUT2D eigenvalue weighted by molar-refractivity contribution is 7.87. The zero-order valence-electron chi connectivity index (χ0n) is 11.0. The van der Waals surface area contributed by atoms with Crippen molar-refractivity contribution in [3.63, 3.8) is 0 Å². The van der Waals surface area contributed by atoms with E-state index in [1.54, 1.807) is 25.7 Å². The van der Waals surface area contributed by atoms with Gasteiger partial charge in [-0.05, 0) is 33.6 Å². The third-order valence-corrected chi connectivity index (χ3v) is 2.94. The number of ether oxygens (including phenoxy) is 1. The number of hydrogen-bond donors (Lipinski definition) is 0. The second-order valence-electron chi connectivity index (χ2n) is 5.32. The lowest BCUT2D eigenvalue weighted by atomic mass is 10.1. The Morgan fingerprint density at radius 1 is 1.28 bits per heavy atom. The van der Waals surface area contributed by atoms with Crippen LogP contribution in [0.4, 0.5) is 4.79 Å². The maximum Gasteiger partial charge on any atom is 0.421 e. The number of amides is 1. The first-order valence-electron chi connectivity index (χ1n) is 5.81. The van der Waals surface area contributed by atoms with E-state index in [9.17, 15) is 13.2 Å². The summed E-state index contributed by atoms with van der Waals surface area (Å²) in [5, 5.41) is 0. The molecule has 0 unspecified atom stereocenters. The van der Waals surface area contributed by atoms with Crippen LogP contribution in [0.1, 0.15) is 33.6 Å². The largest absolute Gasteiger partial charge is 0.444 e. The molecule has 104 valence electrons. The Morgan fingerprint density at radius 2 is 1.78 bits per heavy atom. The molecule has 0 atom stereocenters. The zero-order valence-corrected chi connectivity index (χ0v) is 11.8. The van der Waals surface area contributed by atoms with Gasteiger partial charge in [0.05, 0.1) is 6.10 Å². The summed E-state index contributed by atoms with van der Waals surface area (Å²) in [6.45, 7) is 6.26. The third kappa shape index (κ3) is 5.59. The average molecular weight is 278 g/mol. The van der Waals surface area contributed by atoms with E-state index in [1.165, 1.54) is 0 Å². The number of likely N-dealkylation sites (tertiary alicyclic amines) is 1. The first kappa shape index (κ1) is 15.1. The fourth-order valence-electron chi connectivity index (χ4n) is 1.67. The van der Waals surface area contributed by atoms with Crippen molar-refractivity contribution in [3.8, 4) is 0 Å². The van der Waals surface area contributed by atoms with Gasteiger partial charge in [-0.1, -0.05) is 0 Å². The molecule has 0 aromatic heterocycles. The summed E-state index contributed by atoms with van der Waals surface area (Å²) in [6.07, 6.45) is 3.07. The minimum atomic E-state index is -3.67. The van der Waals surface area contributed by atoms with Gasteiger partial charge in [-0.3, -0.25) is 0 Å². The predicted molar refractivity (Wildman–Crippen MR) is 66.2 cm³/mol. The van der Waals surface area contributed by atoms with Crippen LogP contribution in [-0.2, 0) is 19.0 Å². The van der Waals surface area contributed by atoms with Crippen molar-refractivity contribution >= 4 is 16.2 Å². The second kappa shape index (κ2) is 5.36. The standard InChI is InChI=1S/C11H20NO5S/c1-11(2,3)16-10(13)12-7-5-9(6-8-12)17-18(4,14)15/h9H,4-8H2,1-3H3/q+1. The summed E-state index contributed by atoms with van der Waals surface area (Å²) in [5.41, 5.74) is -0.527. The fraction of sp³-hybridized carbons (Fsp3) is 0.818. The molecule has 6 nitrogen and oxygen atoms in total. The number of hydrogen-bond acceptors (Lipinski definition) is 5. The van der Waals surface area contributed by atoms with Gasteiger partial charge in [0.15, 0.2) is 0 Å². The van der Waals surface area contributed by atoms with E-state index >= 15 is 0 Å². The molecule has 1 aliphatic heterocycles. The lowest BCUT2D eigenvalue weighted by molar-refractivity contribution is 0.0134. The van der Waals surface area contributed by atoms with Crippen molar-refractivity contribution in [2.45, 2.75) is 45.3 Å². The predicted octanol–water partition coefficient (Wildman–Crippen LogP) is 1.52. The quantitative estimate of drug-likeness (QED) is 0.565. The summed E-state index contributed by atoms with van der Waals surface area (Å²) < 4.78 is 31.7. The van der Waals surface area contributed by atoms with Crippen LogP contribution in [0.3, 0.4) is 0 Å². The van der Waals surface area contributed by atoms with E-state index in [2.05, 4.69) is 6.26 Å². The Bertz CT molecular complexity index is 390. The number of nitrogens with zero attached hydrogens (tertiary/aromatic N) is 1. The van der Waals surface area contributed by atoms with Gasteiger partial charge < -0.3 is 9.64 Å². The molecule has 1 fully saturated rings. The van der Waals surface area contributed by atoms with Gasteiger partial charge in [0.25, 0.3) is 0 Å². The van der Waals surface area contributed by atoms with Crippen molar-refractivity contribution in [2.24, 2.45) is 0 Å². The molecule has 1 amide bonds. The highest BCUT2D eigenvalue weighted by Crippen LogP contribution is 2.18. The molecule has 0 saturated carbocycles. The van der Waals surface area contributed by atoms with E-state index in [0.717, 1.165) is 0 Å². The van der Waals surface area contributed by atoms with E-state index in [1.807, 2.05) is 0 Å². The molecule has 0 aliphatic carbocycles. The van der Waals surface area contributed by atoms with Gasteiger partial charge in [0.1, 0.15) is 5.60 Å². The highest BCUT2D eigenvalue weighted by atomic mass is 32.2. The number of carbonyl (C=O) groups excluding carboxylic acids is 1. The lowest BCUT2D eigenvalue weighted by Crippen LogP contribution is -2.43. The van der Waals surface area contributed by atoms with Crippen LogP contribution in [0.25, 0.3) is 0 Å². The molecule has 7 heteroatoms. The van der Waals surface area contributed by atoms with Crippen LogP contribution < -0.4 is 0 Å². The topological polar surface area (TPSA) is 72.9 Å². The molecule has 1 aliphatic rings. The number of rotatable bonds is 2. The van der Waals surface area contributed by atoms with Crippen LogP contribution in [0.2, 0.25) is 0 Å². The Kier molecular flexibility index (Phi) is 4.50. The van der Waals surface area contributed by atoms with Crippen molar-refractivity contribution in [3.05, 3.63) is 6.26 Å². The van der Waals surface area contributed by atoms with Gasteiger partial charge >= 0.3 is 16.2 Å². The molecule has 0 N–H and O–H groups in total. The summed E-state index contributed by atoms with van der Waals surface area (Å²) in [5.74, 6) is 0. The molecule has 0 bridgehead atoms. The first-order chi connectivity index (χ1) is 8.07. The van der Waals surface area contributed by atoms with E-state index in [4.69, 9.17) is 8.92 Å². The molecular formula is C11H20NO5S+. The van der Waals surface area contributed by atoms with Crippen molar-refractivity contribution in [1.82, 2.24) is 4.90 Å². The SMILES string of the molecule is [CH2+]S(=O)(=O)OC1CCN(C(=O)OC(C)(C)C)CC1. The molecule has 0 radical (unpaired) electrons. The van der Waals surface area contributed by atoms with Gasteiger partial charge in [-0.15, -0.1) is 0 Å². The van der Waals surface area contributed by atoms with E-state index in [-0.39, 0.29) is 6.09 Å². The van der Waals surface area contributed by atoms with Crippen molar-refractivity contribution in [2.75, 3.05) is 13.1 Å². The molecule has 18 heavy (non-hydrogen) atoms. The Hall–Kier alpha value is -0.950. The summed E-state index contributed by atoms with van der Waals surface area (Å²) >= 11 is 0. The summed E-state index contributed by atoms with van der Waals surface area (Å²) in [6, 6.07) is 0. The van der Waals surface area contributed by atoms with Crippen LogP contribution in [0, 0.1) is 6.26 Å². The molecular weight excluding hydrogens is 258 g/mol. The minimum Gasteiger partial charge on any atom is -0.444 e. The maximum atomic E-state index is 11.7. The molecule has 0 aromatic carbocycles. The van der Waals surface area contributed by atoms with Gasteiger partial charge in [0, 0.05) is 13.1 Å². The van der Waals surface area contributed by atoms with Crippen LogP contribution in [0.5, 0.6) is 0 Å². The smallest absolute Gasteiger partial charge is 0.421 e. The first-order valence-corrected chi connectivity index (χ1v) is 7.39. The van der Waals surface area contributed by atoms with Crippen molar-refractivity contribution in [1.29, 1.82) is 0 Å². The molecule has 1 saturated heterocycles. The van der Waals surface area contributed by atoms with E-state index < -0.39 is 21.8 Å². The normalized spacial score (nSPS) is 18.7. The monoisotopic (exact) mass is 278 g/mol. The number of carbonyl (C=O) groups is 1. The minimum absolute atomic E-state index is 0.376. The Balaban J connectivity index is 2.42. The molecule has 0 aromatic rings. The van der Waals surface area contributed by atoms with Crippen LogP contribution in [0.15, 0.2) is 0 Å². The van der Waals surface area contributed by atoms with Crippen molar-refractivity contribution < 1.29 is 22.1 Å². The van der Waals surface area contributed by atoms with Gasteiger partial charge in [-0.2, -0.15) is 8.42 Å². The maximum absolute atomic E-state index is 11.7. The number of piperidine rings is 1. The average Bonchev–Trinajstić information content (AvgIpc) is 2.13. The Morgan fingerprint density at radius 3 is 2.17 bits per heavy atom. The van der Waals surface area contributed by atoms with Gasteiger partial charge in [-0.25, -0.2) is 8.98 Å². The lowest BCUT2D eigenvalue weighted by Gasteiger charge is -2.32. The van der Waals surface area contributed by atoms with E-state index in [0.29, 0.717) is 25.9 Å². The third-order valence-electron chi connectivity index (χ3n) is 2.38. The highest BCUT2D eigenvalue weighted by Gasteiger charge is 2.29. The van der Waals surface area contributed by atoms with Crippen LogP contribution in [-0.4, -0.2) is 44.2 Å². The molecule has 0 spiro atoms. The fourth-order valence-corrected chi connectivity index (χ4v) is 2.28. The molecule has 1 rings (SSSR count). The molecule has 1 heterocycles. The second-order valence-corrected chi connectivity index (χ2v) is 6.63. The summed E-state index contributed by atoms with van der Waals surface area (Å²) in [7, 11) is -3.67. The zero-order chi connectivity index (χ0) is 14.0. The Labute approximate surface area is 108 Å².